The van der Waals surface area contributed by atoms with E-state index in [-0.39, 0.29) is 23.5 Å². The monoisotopic (exact) mass is 313 g/mol. The van der Waals surface area contributed by atoms with Crippen LogP contribution in [0.5, 0.6) is 0 Å². The normalized spacial score (nSPS) is 20.1. The second-order valence-corrected chi connectivity index (χ2v) is 6.59. The van der Waals surface area contributed by atoms with Crippen molar-refractivity contribution in [2.24, 2.45) is 0 Å². The van der Waals surface area contributed by atoms with E-state index in [1.54, 1.807) is 0 Å². The Morgan fingerprint density at radius 2 is 2.10 bits per heavy atom. The number of sulfonamides is 1. The van der Waals surface area contributed by atoms with Crippen molar-refractivity contribution in [1.29, 1.82) is 0 Å². The van der Waals surface area contributed by atoms with E-state index in [9.17, 15) is 23.3 Å². The van der Waals surface area contributed by atoms with Gasteiger partial charge < -0.3 is 5.32 Å². The van der Waals surface area contributed by atoms with Crippen LogP contribution >= 0.6 is 0 Å². The fourth-order valence-corrected chi connectivity index (χ4v) is 4.28. The molecule has 9 heteroatoms. The second kappa shape index (κ2) is 5.41. The molecule has 0 aliphatic carbocycles. The minimum Gasteiger partial charge on any atom is -0.353 e. The van der Waals surface area contributed by atoms with E-state index in [1.807, 2.05) is 0 Å². The molecule has 2 rings (SSSR count). The maximum absolute atomic E-state index is 12.7. The number of hydrogen-bond acceptors (Lipinski definition) is 5. The molecule has 1 fully saturated rings. The van der Waals surface area contributed by atoms with Crippen LogP contribution in [0.3, 0.4) is 0 Å². The topological polar surface area (TPSA) is 110 Å². The lowest BCUT2D eigenvalue weighted by Gasteiger charge is -2.31. The van der Waals surface area contributed by atoms with Crippen molar-refractivity contribution in [2.45, 2.75) is 24.8 Å². The fourth-order valence-electron chi connectivity index (χ4n) is 2.32. The van der Waals surface area contributed by atoms with Crippen LogP contribution in [0.15, 0.2) is 23.1 Å². The van der Waals surface area contributed by atoms with Gasteiger partial charge in [0, 0.05) is 19.2 Å². The van der Waals surface area contributed by atoms with Gasteiger partial charge in [0.2, 0.25) is 5.91 Å². The van der Waals surface area contributed by atoms with Gasteiger partial charge in [0.05, 0.1) is 4.92 Å². The Morgan fingerprint density at radius 1 is 1.43 bits per heavy atom. The third-order valence-electron chi connectivity index (χ3n) is 3.40. The third kappa shape index (κ3) is 2.61. The molecular formula is C12H15N3O5S. The molecule has 1 N–H and O–H groups in total. The Hall–Kier alpha value is -2.00. The first-order chi connectivity index (χ1) is 9.76. The Balaban J connectivity index is 2.59. The summed E-state index contributed by atoms with van der Waals surface area (Å²) in [5.41, 5.74) is -0.199. The average molecular weight is 313 g/mol. The van der Waals surface area contributed by atoms with Crippen molar-refractivity contribution >= 4 is 21.6 Å². The number of nitro groups is 1. The number of piperazine rings is 1. The van der Waals surface area contributed by atoms with Gasteiger partial charge >= 0.3 is 0 Å². The van der Waals surface area contributed by atoms with Crippen molar-refractivity contribution in [2.75, 3.05) is 13.1 Å². The molecule has 0 bridgehead atoms. The summed E-state index contributed by atoms with van der Waals surface area (Å²) in [5.74, 6) is -0.416. The highest BCUT2D eigenvalue weighted by Crippen LogP contribution is 2.31. The number of nitrogens with zero attached hydrogens (tertiary/aromatic N) is 2. The zero-order chi connectivity index (χ0) is 15.8. The number of carbonyl (C=O) groups excluding carboxylic acids is 1. The highest BCUT2D eigenvalue weighted by atomic mass is 32.2. The van der Waals surface area contributed by atoms with Crippen LogP contribution in [-0.4, -0.2) is 42.7 Å². The predicted molar refractivity (Wildman–Crippen MR) is 74.2 cm³/mol. The molecule has 1 aliphatic rings. The van der Waals surface area contributed by atoms with Crippen LogP contribution in [0.2, 0.25) is 0 Å². The van der Waals surface area contributed by atoms with E-state index >= 15 is 0 Å². The molecule has 1 unspecified atom stereocenters. The predicted octanol–water partition coefficient (Wildman–Crippen LogP) is 0.412. The number of rotatable bonds is 3. The highest BCUT2D eigenvalue weighted by molar-refractivity contribution is 7.89. The molecule has 1 aliphatic heterocycles. The Labute approximate surface area is 122 Å². The van der Waals surface area contributed by atoms with E-state index in [0.29, 0.717) is 0 Å². The number of nitro benzene ring substituents is 1. The first-order valence-corrected chi connectivity index (χ1v) is 7.74. The first kappa shape index (κ1) is 15.4. The number of aryl methyl sites for hydroxylation is 1. The van der Waals surface area contributed by atoms with Crippen LogP contribution in [0.4, 0.5) is 5.69 Å². The van der Waals surface area contributed by atoms with Gasteiger partial charge in [-0.05, 0) is 19.4 Å². The molecule has 1 heterocycles. The molecule has 0 spiro atoms. The standard InChI is InChI=1S/C12H15N3O5S/c1-8-4-3-5-10(15(17)18)11(8)21(19,20)14-7-6-13-12(16)9(14)2/h3-5,9H,6-7H2,1-2H3,(H,13,16). The minimum atomic E-state index is -4.12. The molecule has 0 saturated carbocycles. The summed E-state index contributed by atoms with van der Waals surface area (Å²) in [7, 11) is -4.12. The van der Waals surface area contributed by atoms with Gasteiger partial charge in [0.25, 0.3) is 15.7 Å². The highest BCUT2D eigenvalue weighted by Gasteiger charge is 2.39. The molecule has 21 heavy (non-hydrogen) atoms. The number of amides is 1. The lowest BCUT2D eigenvalue weighted by molar-refractivity contribution is -0.387. The van der Waals surface area contributed by atoms with E-state index in [4.69, 9.17) is 0 Å². The maximum atomic E-state index is 12.7. The van der Waals surface area contributed by atoms with Gasteiger partial charge in [-0.1, -0.05) is 12.1 Å². The van der Waals surface area contributed by atoms with Crippen LogP contribution in [0.25, 0.3) is 0 Å². The van der Waals surface area contributed by atoms with E-state index in [1.165, 1.54) is 26.0 Å². The largest absolute Gasteiger partial charge is 0.353 e. The molecule has 1 aromatic rings. The van der Waals surface area contributed by atoms with Crippen LogP contribution in [0, 0.1) is 17.0 Å². The smallest absolute Gasteiger partial charge is 0.289 e. The Bertz CT molecular complexity index is 701. The molecule has 1 aromatic carbocycles. The summed E-state index contributed by atoms with van der Waals surface area (Å²) in [6.45, 7) is 3.22. The van der Waals surface area contributed by atoms with Crippen molar-refractivity contribution in [3.8, 4) is 0 Å². The zero-order valence-corrected chi connectivity index (χ0v) is 12.4. The van der Waals surface area contributed by atoms with Crippen LogP contribution in [0.1, 0.15) is 12.5 Å². The molecule has 8 nitrogen and oxygen atoms in total. The molecule has 0 radical (unpaired) electrons. The van der Waals surface area contributed by atoms with Crippen molar-refractivity contribution in [1.82, 2.24) is 9.62 Å². The van der Waals surface area contributed by atoms with Crippen molar-refractivity contribution in [3.63, 3.8) is 0 Å². The first-order valence-electron chi connectivity index (χ1n) is 6.30. The van der Waals surface area contributed by atoms with Gasteiger partial charge in [-0.3, -0.25) is 14.9 Å². The third-order valence-corrected chi connectivity index (χ3v) is 5.56. The van der Waals surface area contributed by atoms with Gasteiger partial charge in [0.1, 0.15) is 6.04 Å². The summed E-state index contributed by atoms with van der Waals surface area (Å²) < 4.78 is 26.5. The molecular weight excluding hydrogens is 298 g/mol. The van der Waals surface area contributed by atoms with E-state index < -0.39 is 32.6 Å². The lowest BCUT2D eigenvalue weighted by atomic mass is 10.2. The summed E-state index contributed by atoms with van der Waals surface area (Å²) in [4.78, 5) is 21.6. The Morgan fingerprint density at radius 3 is 2.71 bits per heavy atom. The number of benzene rings is 1. The molecule has 114 valence electrons. The van der Waals surface area contributed by atoms with Gasteiger partial charge in [0.15, 0.2) is 4.90 Å². The molecule has 0 aromatic heterocycles. The SMILES string of the molecule is Cc1cccc([N+](=O)[O-])c1S(=O)(=O)N1CCNC(=O)C1C. The molecule has 1 saturated heterocycles. The quantitative estimate of drug-likeness (QED) is 0.642. The van der Waals surface area contributed by atoms with Crippen LogP contribution < -0.4 is 5.32 Å². The summed E-state index contributed by atoms with van der Waals surface area (Å²) >= 11 is 0. The molecule has 1 amide bonds. The average Bonchev–Trinajstić information content (AvgIpc) is 2.41. The summed E-state index contributed by atoms with van der Waals surface area (Å²) in [6.07, 6.45) is 0. The van der Waals surface area contributed by atoms with E-state index in [2.05, 4.69) is 5.32 Å². The van der Waals surface area contributed by atoms with Crippen molar-refractivity contribution in [3.05, 3.63) is 33.9 Å². The summed E-state index contributed by atoms with van der Waals surface area (Å²) in [6, 6.07) is 3.17. The maximum Gasteiger partial charge on any atom is 0.289 e. The van der Waals surface area contributed by atoms with Gasteiger partial charge in [-0.15, -0.1) is 0 Å². The summed E-state index contributed by atoms with van der Waals surface area (Å²) in [5, 5.41) is 13.7. The van der Waals surface area contributed by atoms with Gasteiger partial charge in [-0.2, -0.15) is 4.31 Å². The lowest BCUT2D eigenvalue weighted by Crippen LogP contribution is -2.55. The molecule has 1 atom stereocenters. The number of hydrogen-bond donors (Lipinski definition) is 1. The van der Waals surface area contributed by atoms with Gasteiger partial charge in [-0.25, -0.2) is 8.42 Å². The van der Waals surface area contributed by atoms with E-state index in [0.717, 1.165) is 10.4 Å². The number of carbonyl (C=O) groups is 1. The van der Waals surface area contributed by atoms with Crippen molar-refractivity contribution < 1.29 is 18.1 Å². The fraction of sp³-hybridized carbons (Fsp3) is 0.417. The minimum absolute atomic E-state index is 0.0841. The van der Waals surface area contributed by atoms with Crippen LogP contribution in [-0.2, 0) is 14.8 Å². The second-order valence-electron chi connectivity index (χ2n) is 4.76. The number of nitrogens with one attached hydrogen (secondary N) is 1. The zero-order valence-electron chi connectivity index (χ0n) is 11.6. The Kier molecular flexibility index (Phi) is 3.97.